The molecule has 0 saturated heterocycles. The minimum atomic E-state index is -0.543. The summed E-state index contributed by atoms with van der Waals surface area (Å²) in [6, 6.07) is 14.9. The zero-order valence-electron chi connectivity index (χ0n) is 15.5. The number of nitrogens with zero attached hydrogens (tertiary/aromatic N) is 1. The molecule has 0 aliphatic heterocycles. The first kappa shape index (κ1) is 20.3. The third-order valence-electron chi connectivity index (χ3n) is 4.14. The van der Waals surface area contributed by atoms with Crippen LogP contribution in [0.2, 0.25) is 5.02 Å². The number of rotatable bonds is 7. The number of nitriles is 1. The minimum absolute atomic E-state index is 0.0472. The van der Waals surface area contributed by atoms with Crippen LogP contribution in [0.3, 0.4) is 0 Å². The fourth-order valence-corrected chi connectivity index (χ4v) is 2.63. The summed E-state index contributed by atoms with van der Waals surface area (Å²) >= 11 is 5.96. The number of ether oxygens (including phenoxy) is 1. The van der Waals surface area contributed by atoms with Gasteiger partial charge in [-0.2, -0.15) is 5.26 Å². The van der Waals surface area contributed by atoms with Crippen LogP contribution in [-0.4, -0.2) is 13.0 Å². The molecule has 0 bridgehead atoms. The highest BCUT2D eigenvalue weighted by molar-refractivity contribution is 6.31. The molecule has 0 heterocycles. The van der Waals surface area contributed by atoms with E-state index >= 15 is 0 Å². The lowest BCUT2D eigenvalue weighted by molar-refractivity contribution is -0.112. The molecule has 0 aromatic heterocycles. The number of hydrogen-bond acceptors (Lipinski definition) is 4. The van der Waals surface area contributed by atoms with Crippen molar-refractivity contribution >= 4 is 23.2 Å². The largest absolute Gasteiger partial charge is 0.495 e. The summed E-state index contributed by atoms with van der Waals surface area (Å²) in [5.74, 6) is -0.0820. The topological polar surface area (TPSA) is 74.2 Å². The summed E-state index contributed by atoms with van der Waals surface area (Å²) < 4.78 is 5.20. The summed E-state index contributed by atoms with van der Waals surface area (Å²) in [6.07, 6.45) is 2.40. The highest BCUT2D eigenvalue weighted by Gasteiger charge is 2.13. The number of hydrogen-bond donors (Lipinski definition) is 2. The van der Waals surface area contributed by atoms with E-state index in [4.69, 9.17) is 16.3 Å². The third-order valence-corrected chi connectivity index (χ3v) is 4.38. The number of carbonyl (C=O) groups excluding carboxylic acids is 1. The molecule has 1 amide bonds. The van der Waals surface area contributed by atoms with Crippen molar-refractivity contribution < 1.29 is 9.53 Å². The Hall–Kier alpha value is -2.97. The predicted molar refractivity (Wildman–Crippen MR) is 108 cm³/mol. The van der Waals surface area contributed by atoms with Gasteiger partial charge < -0.3 is 15.4 Å². The Labute approximate surface area is 164 Å². The van der Waals surface area contributed by atoms with E-state index in [2.05, 4.69) is 29.7 Å². The average molecular weight is 384 g/mol. The number of halogens is 1. The van der Waals surface area contributed by atoms with E-state index < -0.39 is 5.91 Å². The number of amides is 1. The fourth-order valence-electron chi connectivity index (χ4n) is 2.46. The Balaban J connectivity index is 2.09. The number of aryl methyl sites for hydroxylation is 1. The van der Waals surface area contributed by atoms with Crippen molar-refractivity contribution in [1.29, 1.82) is 5.26 Å². The Bertz CT molecular complexity index is 870. The van der Waals surface area contributed by atoms with Gasteiger partial charge in [-0.25, -0.2) is 0 Å². The molecule has 0 aliphatic rings. The van der Waals surface area contributed by atoms with Crippen LogP contribution >= 0.6 is 11.6 Å². The molecule has 0 aliphatic carbocycles. The Morgan fingerprint density at radius 3 is 2.59 bits per heavy atom. The normalized spacial score (nSPS) is 12.0. The average Bonchev–Trinajstić information content (AvgIpc) is 2.68. The smallest absolute Gasteiger partial charge is 0.267 e. The van der Waals surface area contributed by atoms with Gasteiger partial charge in [0.05, 0.1) is 12.8 Å². The maximum absolute atomic E-state index is 12.4. The van der Waals surface area contributed by atoms with E-state index in [-0.39, 0.29) is 11.6 Å². The van der Waals surface area contributed by atoms with Crippen molar-refractivity contribution in [3.8, 4) is 11.8 Å². The number of carbonyl (C=O) groups is 1. The van der Waals surface area contributed by atoms with E-state index in [0.717, 1.165) is 12.0 Å². The summed E-state index contributed by atoms with van der Waals surface area (Å²) in [6.45, 7) is 4.07. The number of methoxy groups -OCH3 is 1. The van der Waals surface area contributed by atoms with E-state index in [1.807, 2.05) is 25.1 Å². The maximum Gasteiger partial charge on any atom is 0.267 e. The maximum atomic E-state index is 12.4. The molecule has 5 nitrogen and oxygen atoms in total. The predicted octanol–water partition coefficient (Wildman–Crippen LogP) is 4.61. The van der Waals surface area contributed by atoms with Gasteiger partial charge in [-0.1, -0.05) is 42.8 Å². The van der Waals surface area contributed by atoms with Crippen LogP contribution in [0.1, 0.15) is 31.0 Å². The van der Waals surface area contributed by atoms with Crippen molar-refractivity contribution in [1.82, 2.24) is 5.32 Å². The molecule has 1 atom stereocenters. The van der Waals surface area contributed by atoms with Gasteiger partial charge in [-0.05, 0) is 42.7 Å². The molecular formula is C21H22ClN3O2. The Kier molecular flexibility index (Phi) is 7.27. The van der Waals surface area contributed by atoms with Gasteiger partial charge in [0.1, 0.15) is 17.4 Å². The van der Waals surface area contributed by atoms with Crippen LogP contribution in [0.5, 0.6) is 5.75 Å². The molecular weight excluding hydrogens is 362 g/mol. The van der Waals surface area contributed by atoms with Gasteiger partial charge in [0, 0.05) is 17.3 Å². The van der Waals surface area contributed by atoms with Crippen molar-refractivity contribution in [2.45, 2.75) is 26.3 Å². The second-order valence-corrected chi connectivity index (χ2v) is 6.39. The Morgan fingerprint density at radius 2 is 2.00 bits per heavy atom. The zero-order chi connectivity index (χ0) is 19.8. The molecule has 0 fully saturated rings. The van der Waals surface area contributed by atoms with Crippen molar-refractivity contribution in [3.05, 3.63) is 70.4 Å². The second kappa shape index (κ2) is 9.65. The molecule has 2 N–H and O–H groups in total. The standard InChI is InChI=1S/C21H22ClN3O2/c1-4-15-5-7-16(8-6-15)14(2)24-13-17(12-23)21(26)25-19-11-18(22)9-10-20(19)27-3/h5-11,13-14,24H,4H2,1-3H3,(H,25,26)/b17-13-. The van der Waals surface area contributed by atoms with Crippen molar-refractivity contribution in [3.63, 3.8) is 0 Å². The quantitative estimate of drug-likeness (QED) is 0.541. The van der Waals surface area contributed by atoms with Crippen LogP contribution in [0.15, 0.2) is 54.2 Å². The van der Waals surface area contributed by atoms with Crippen LogP contribution < -0.4 is 15.4 Å². The molecule has 2 aromatic rings. The van der Waals surface area contributed by atoms with Crippen LogP contribution in [0, 0.1) is 11.3 Å². The number of anilines is 1. The summed E-state index contributed by atoms with van der Waals surface area (Å²) in [4.78, 5) is 12.4. The first-order chi connectivity index (χ1) is 13.0. The summed E-state index contributed by atoms with van der Waals surface area (Å²) in [5.41, 5.74) is 2.68. The molecule has 0 radical (unpaired) electrons. The molecule has 0 spiro atoms. The monoisotopic (exact) mass is 383 g/mol. The highest BCUT2D eigenvalue weighted by Crippen LogP contribution is 2.28. The Morgan fingerprint density at radius 1 is 1.30 bits per heavy atom. The number of benzene rings is 2. The second-order valence-electron chi connectivity index (χ2n) is 5.95. The van der Waals surface area contributed by atoms with Gasteiger partial charge in [-0.3, -0.25) is 4.79 Å². The van der Waals surface area contributed by atoms with E-state index in [1.165, 1.54) is 18.9 Å². The van der Waals surface area contributed by atoms with Gasteiger partial charge in [0.25, 0.3) is 5.91 Å². The van der Waals surface area contributed by atoms with Gasteiger partial charge in [0.2, 0.25) is 0 Å². The first-order valence-electron chi connectivity index (χ1n) is 8.58. The molecule has 140 valence electrons. The van der Waals surface area contributed by atoms with Crippen LogP contribution in [0.4, 0.5) is 5.69 Å². The molecule has 0 saturated carbocycles. The van der Waals surface area contributed by atoms with Gasteiger partial charge in [0.15, 0.2) is 0 Å². The van der Waals surface area contributed by atoms with E-state index in [0.29, 0.717) is 16.5 Å². The molecule has 27 heavy (non-hydrogen) atoms. The summed E-state index contributed by atoms with van der Waals surface area (Å²) in [5, 5.41) is 15.5. The van der Waals surface area contributed by atoms with Crippen molar-refractivity contribution in [2.24, 2.45) is 0 Å². The fraction of sp³-hybridized carbons (Fsp3) is 0.238. The lowest BCUT2D eigenvalue weighted by Crippen LogP contribution is -2.19. The molecule has 2 rings (SSSR count). The van der Waals surface area contributed by atoms with Crippen LogP contribution in [0.25, 0.3) is 0 Å². The highest BCUT2D eigenvalue weighted by atomic mass is 35.5. The SMILES string of the molecule is CCc1ccc(C(C)N/C=C(/C#N)C(=O)Nc2cc(Cl)ccc2OC)cc1. The van der Waals surface area contributed by atoms with Gasteiger partial charge >= 0.3 is 0 Å². The van der Waals surface area contributed by atoms with Gasteiger partial charge in [-0.15, -0.1) is 0 Å². The zero-order valence-corrected chi connectivity index (χ0v) is 16.3. The first-order valence-corrected chi connectivity index (χ1v) is 8.96. The van der Waals surface area contributed by atoms with Crippen molar-refractivity contribution in [2.75, 3.05) is 12.4 Å². The molecule has 6 heteroatoms. The molecule has 1 unspecified atom stereocenters. The lowest BCUT2D eigenvalue weighted by atomic mass is 10.1. The van der Waals surface area contributed by atoms with Crippen LogP contribution in [-0.2, 0) is 11.2 Å². The lowest BCUT2D eigenvalue weighted by Gasteiger charge is -2.14. The van der Waals surface area contributed by atoms with E-state index in [1.54, 1.807) is 18.2 Å². The minimum Gasteiger partial charge on any atom is -0.495 e. The number of nitrogens with one attached hydrogen (secondary N) is 2. The molecule has 2 aromatic carbocycles. The van der Waals surface area contributed by atoms with E-state index in [9.17, 15) is 10.1 Å². The summed E-state index contributed by atoms with van der Waals surface area (Å²) in [7, 11) is 1.49. The third kappa shape index (κ3) is 5.50.